The molecule has 0 fully saturated rings. The van der Waals surface area contributed by atoms with E-state index in [1.165, 1.54) is 0 Å². The topological polar surface area (TPSA) is 73.9 Å². The molecular formula is C25H23NO5. The third-order valence-corrected chi connectivity index (χ3v) is 5.16. The smallest absolute Gasteiger partial charge is 0.318 e. The van der Waals surface area contributed by atoms with Crippen LogP contribution in [0.3, 0.4) is 0 Å². The Morgan fingerprint density at radius 3 is 2.13 bits per heavy atom. The molecule has 0 saturated carbocycles. The van der Waals surface area contributed by atoms with Crippen molar-refractivity contribution in [1.29, 1.82) is 0 Å². The Bertz CT molecular complexity index is 1030. The molecular weight excluding hydrogens is 394 g/mol. The predicted molar refractivity (Wildman–Crippen MR) is 115 cm³/mol. The van der Waals surface area contributed by atoms with Gasteiger partial charge >= 0.3 is 5.97 Å². The molecule has 0 unspecified atom stereocenters. The molecule has 1 aliphatic heterocycles. The average Bonchev–Trinajstić information content (AvgIpc) is 2.81. The van der Waals surface area contributed by atoms with Crippen molar-refractivity contribution >= 4 is 11.9 Å². The number of methoxy groups -OCH3 is 1. The van der Waals surface area contributed by atoms with Crippen molar-refractivity contribution in [3.05, 3.63) is 89.5 Å². The molecule has 3 aromatic carbocycles. The van der Waals surface area contributed by atoms with Gasteiger partial charge in [0.15, 0.2) is 6.61 Å². The number of esters is 1. The number of hydrogen-bond donors (Lipinski definition) is 1. The molecule has 1 heterocycles. The summed E-state index contributed by atoms with van der Waals surface area (Å²) in [5, 5.41) is 2.78. The predicted octanol–water partition coefficient (Wildman–Crippen LogP) is 3.83. The zero-order valence-corrected chi connectivity index (χ0v) is 17.2. The molecule has 0 atom stereocenters. The fourth-order valence-corrected chi connectivity index (χ4v) is 3.57. The number of hydrogen-bond acceptors (Lipinski definition) is 5. The van der Waals surface area contributed by atoms with Crippen molar-refractivity contribution < 1.29 is 23.8 Å². The standard InChI is InChI=1S/C25H23NO5/c1-29-18-12-10-17(11-13-18)14-15-26-23(27)16-30-25(28)24-19-6-2-4-8-21(19)31-22-9-5-3-7-20(22)24/h2-13,24H,14-16H2,1H3,(H,26,27). The van der Waals surface area contributed by atoms with Gasteiger partial charge in [0.1, 0.15) is 23.2 Å². The number of benzene rings is 3. The number of amides is 1. The highest BCUT2D eigenvalue weighted by Crippen LogP contribution is 2.44. The van der Waals surface area contributed by atoms with Gasteiger partial charge in [0.05, 0.1) is 7.11 Å². The highest BCUT2D eigenvalue weighted by atomic mass is 16.5. The summed E-state index contributed by atoms with van der Waals surface area (Å²) in [6.45, 7) is 0.120. The van der Waals surface area contributed by atoms with Gasteiger partial charge in [-0.1, -0.05) is 48.5 Å². The Morgan fingerprint density at radius 2 is 1.52 bits per heavy atom. The van der Waals surface area contributed by atoms with E-state index in [9.17, 15) is 9.59 Å². The summed E-state index contributed by atoms with van der Waals surface area (Å²) in [6, 6.07) is 22.4. The minimum atomic E-state index is -0.631. The van der Waals surface area contributed by atoms with Crippen LogP contribution in [0.5, 0.6) is 17.2 Å². The summed E-state index contributed by atoms with van der Waals surface area (Å²) in [7, 11) is 1.62. The lowest BCUT2D eigenvalue weighted by Crippen LogP contribution is -2.32. The first kappa shape index (κ1) is 20.5. The Kier molecular flexibility index (Phi) is 6.17. The summed E-state index contributed by atoms with van der Waals surface area (Å²) >= 11 is 0. The van der Waals surface area contributed by atoms with Crippen LogP contribution in [0.2, 0.25) is 0 Å². The van der Waals surface area contributed by atoms with Crippen LogP contribution in [0.4, 0.5) is 0 Å². The molecule has 0 aromatic heterocycles. The number of para-hydroxylation sites is 2. The molecule has 0 bridgehead atoms. The van der Waals surface area contributed by atoms with Crippen molar-refractivity contribution in [3.8, 4) is 17.2 Å². The zero-order chi connectivity index (χ0) is 21.6. The summed E-state index contributed by atoms with van der Waals surface area (Å²) < 4.78 is 16.4. The van der Waals surface area contributed by atoms with E-state index in [-0.39, 0.29) is 12.5 Å². The molecule has 1 aliphatic rings. The van der Waals surface area contributed by atoms with E-state index in [0.717, 1.165) is 22.4 Å². The molecule has 6 nitrogen and oxygen atoms in total. The normalized spacial score (nSPS) is 12.2. The van der Waals surface area contributed by atoms with Crippen molar-refractivity contribution in [1.82, 2.24) is 5.32 Å². The molecule has 1 amide bonds. The molecule has 158 valence electrons. The number of rotatable bonds is 7. The van der Waals surface area contributed by atoms with Crippen LogP contribution in [-0.2, 0) is 20.7 Å². The van der Waals surface area contributed by atoms with Gasteiger partial charge in [0.2, 0.25) is 0 Å². The Labute approximate surface area is 180 Å². The van der Waals surface area contributed by atoms with Crippen LogP contribution in [0, 0.1) is 0 Å². The first-order valence-corrected chi connectivity index (χ1v) is 10.1. The van der Waals surface area contributed by atoms with Gasteiger partial charge in [-0.15, -0.1) is 0 Å². The monoisotopic (exact) mass is 417 g/mol. The Balaban J connectivity index is 1.34. The SMILES string of the molecule is COc1ccc(CCNC(=O)COC(=O)C2c3ccccc3Oc3ccccc32)cc1. The van der Waals surface area contributed by atoms with Gasteiger partial charge in [-0.3, -0.25) is 9.59 Å². The average molecular weight is 417 g/mol. The van der Waals surface area contributed by atoms with Crippen LogP contribution >= 0.6 is 0 Å². The van der Waals surface area contributed by atoms with Crippen LogP contribution < -0.4 is 14.8 Å². The lowest BCUT2D eigenvalue weighted by Gasteiger charge is -2.26. The Morgan fingerprint density at radius 1 is 0.903 bits per heavy atom. The van der Waals surface area contributed by atoms with Gasteiger partial charge in [0.25, 0.3) is 5.91 Å². The molecule has 0 radical (unpaired) electrons. The van der Waals surface area contributed by atoms with Crippen LogP contribution in [0.15, 0.2) is 72.8 Å². The molecule has 4 rings (SSSR count). The van der Waals surface area contributed by atoms with Crippen LogP contribution in [-0.4, -0.2) is 32.1 Å². The van der Waals surface area contributed by atoms with Gasteiger partial charge < -0.3 is 19.5 Å². The van der Waals surface area contributed by atoms with Gasteiger partial charge in [-0.2, -0.15) is 0 Å². The lowest BCUT2D eigenvalue weighted by atomic mass is 9.88. The van der Waals surface area contributed by atoms with E-state index in [0.29, 0.717) is 24.5 Å². The first-order valence-electron chi connectivity index (χ1n) is 10.1. The minimum absolute atomic E-state index is 0.330. The van der Waals surface area contributed by atoms with E-state index in [4.69, 9.17) is 14.2 Å². The van der Waals surface area contributed by atoms with E-state index in [1.54, 1.807) is 7.11 Å². The molecule has 3 aromatic rings. The quantitative estimate of drug-likeness (QED) is 0.592. The van der Waals surface area contributed by atoms with E-state index in [1.807, 2.05) is 72.8 Å². The molecule has 6 heteroatoms. The second kappa shape index (κ2) is 9.34. The van der Waals surface area contributed by atoms with Gasteiger partial charge in [0, 0.05) is 17.7 Å². The third-order valence-electron chi connectivity index (χ3n) is 5.16. The molecule has 0 spiro atoms. The summed E-state index contributed by atoms with van der Waals surface area (Å²) in [5.41, 5.74) is 2.53. The fraction of sp³-hybridized carbons (Fsp3) is 0.200. The molecule has 0 saturated heterocycles. The first-order chi connectivity index (χ1) is 15.2. The molecule has 0 aliphatic carbocycles. The van der Waals surface area contributed by atoms with E-state index < -0.39 is 11.9 Å². The third kappa shape index (κ3) is 4.69. The summed E-state index contributed by atoms with van der Waals surface area (Å²) in [4.78, 5) is 25.1. The number of ether oxygens (including phenoxy) is 3. The second-order valence-corrected chi connectivity index (χ2v) is 7.17. The van der Waals surface area contributed by atoms with E-state index >= 15 is 0 Å². The highest BCUT2D eigenvalue weighted by Gasteiger charge is 2.33. The van der Waals surface area contributed by atoms with Gasteiger partial charge in [-0.25, -0.2) is 0 Å². The van der Waals surface area contributed by atoms with Crippen molar-refractivity contribution in [2.45, 2.75) is 12.3 Å². The van der Waals surface area contributed by atoms with Crippen molar-refractivity contribution in [2.75, 3.05) is 20.3 Å². The lowest BCUT2D eigenvalue weighted by molar-refractivity contribution is -0.149. The second-order valence-electron chi connectivity index (χ2n) is 7.17. The maximum atomic E-state index is 12.9. The summed E-state index contributed by atoms with van der Waals surface area (Å²) in [5.74, 6) is 0.576. The molecule has 31 heavy (non-hydrogen) atoms. The maximum Gasteiger partial charge on any atom is 0.318 e. The summed E-state index contributed by atoms with van der Waals surface area (Å²) in [6.07, 6.45) is 0.671. The molecule has 1 N–H and O–H groups in total. The number of fused-ring (bicyclic) bond motifs is 2. The van der Waals surface area contributed by atoms with Crippen molar-refractivity contribution in [2.24, 2.45) is 0 Å². The van der Waals surface area contributed by atoms with Crippen LogP contribution in [0.25, 0.3) is 0 Å². The highest BCUT2D eigenvalue weighted by molar-refractivity contribution is 5.87. The van der Waals surface area contributed by atoms with E-state index in [2.05, 4.69) is 5.32 Å². The Hall–Kier alpha value is -3.80. The number of nitrogens with one attached hydrogen (secondary N) is 1. The van der Waals surface area contributed by atoms with Crippen LogP contribution in [0.1, 0.15) is 22.6 Å². The number of carbonyl (C=O) groups is 2. The number of carbonyl (C=O) groups excluding carboxylic acids is 2. The maximum absolute atomic E-state index is 12.9. The zero-order valence-electron chi connectivity index (χ0n) is 17.2. The fourth-order valence-electron chi connectivity index (χ4n) is 3.57. The minimum Gasteiger partial charge on any atom is -0.497 e. The van der Waals surface area contributed by atoms with Crippen molar-refractivity contribution in [3.63, 3.8) is 0 Å². The largest absolute Gasteiger partial charge is 0.497 e. The van der Waals surface area contributed by atoms with Gasteiger partial charge in [-0.05, 0) is 36.2 Å².